The van der Waals surface area contributed by atoms with Gasteiger partial charge < -0.3 is 5.32 Å². The molecular formula is C26H22ClN3O2S. The van der Waals surface area contributed by atoms with Gasteiger partial charge in [0.2, 0.25) is 5.91 Å². The molecule has 7 heteroatoms. The summed E-state index contributed by atoms with van der Waals surface area (Å²) in [6.07, 6.45) is 1.88. The number of amides is 1. The lowest BCUT2D eigenvalue weighted by Crippen LogP contribution is -2.29. The Kier molecular flexibility index (Phi) is 6.20. The van der Waals surface area contributed by atoms with Crippen LogP contribution in [0.15, 0.2) is 82.7 Å². The van der Waals surface area contributed by atoms with Gasteiger partial charge in [-0.25, -0.2) is 4.98 Å². The molecule has 0 fully saturated rings. The van der Waals surface area contributed by atoms with Crippen LogP contribution in [0.3, 0.4) is 0 Å². The molecule has 3 aromatic carbocycles. The van der Waals surface area contributed by atoms with E-state index in [0.29, 0.717) is 27.6 Å². The van der Waals surface area contributed by atoms with E-state index in [1.165, 1.54) is 22.9 Å². The SMILES string of the molecule is O=C(CSc1nc2ccccc2c(=O)n1Cc1ccc(Cl)cc1)N[C@H]1CCc2ccccc21. The molecule has 0 spiro atoms. The number of thioether (sulfide) groups is 1. The number of halogens is 1. The van der Waals surface area contributed by atoms with Gasteiger partial charge in [0.25, 0.3) is 5.56 Å². The van der Waals surface area contributed by atoms with Gasteiger partial charge in [-0.15, -0.1) is 0 Å². The van der Waals surface area contributed by atoms with Gasteiger partial charge in [-0.05, 0) is 53.8 Å². The summed E-state index contributed by atoms with van der Waals surface area (Å²) in [6.45, 7) is 0.355. The second-order valence-corrected chi connectivity index (χ2v) is 9.45. The van der Waals surface area contributed by atoms with E-state index in [1.807, 2.05) is 42.5 Å². The summed E-state index contributed by atoms with van der Waals surface area (Å²) >= 11 is 7.30. The lowest BCUT2D eigenvalue weighted by molar-refractivity contribution is -0.119. The van der Waals surface area contributed by atoms with E-state index in [2.05, 4.69) is 17.4 Å². The van der Waals surface area contributed by atoms with Crippen LogP contribution in [0.1, 0.15) is 29.2 Å². The molecule has 1 amide bonds. The van der Waals surface area contributed by atoms with Crippen LogP contribution < -0.4 is 10.9 Å². The Bertz CT molecular complexity index is 1380. The van der Waals surface area contributed by atoms with Gasteiger partial charge in [-0.1, -0.05) is 71.9 Å². The summed E-state index contributed by atoms with van der Waals surface area (Å²) in [7, 11) is 0. The zero-order valence-electron chi connectivity index (χ0n) is 17.8. The van der Waals surface area contributed by atoms with Crippen molar-refractivity contribution >= 4 is 40.2 Å². The molecule has 4 aromatic rings. The van der Waals surface area contributed by atoms with E-state index in [0.717, 1.165) is 18.4 Å². The van der Waals surface area contributed by atoms with Gasteiger partial charge in [0.05, 0.1) is 29.2 Å². The molecule has 5 nitrogen and oxygen atoms in total. The van der Waals surface area contributed by atoms with E-state index in [1.54, 1.807) is 22.8 Å². The monoisotopic (exact) mass is 475 g/mol. The van der Waals surface area contributed by atoms with Crippen molar-refractivity contribution in [2.24, 2.45) is 0 Å². The van der Waals surface area contributed by atoms with E-state index in [-0.39, 0.29) is 23.3 Å². The van der Waals surface area contributed by atoms with Gasteiger partial charge in [-0.2, -0.15) is 0 Å². The third-order valence-electron chi connectivity index (χ3n) is 5.88. The van der Waals surface area contributed by atoms with Crippen LogP contribution in [0.4, 0.5) is 0 Å². The molecule has 33 heavy (non-hydrogen) atoms. The predicted octanol–water partition coefficient (Wildman–Crippen LogP) is 4.99. The number of nitrogens with one attached hydrogen (secondary N) is 1. The van der Waals surface area contributed by atoms with Crippen molar-refractivity contribution in [2.45, 2.75) is 30.6 Å². The molecule has 0 saturated heterocycles. The molecule has 1 aliphatic carbocycles. The fraction of sp³-hybridized carbons (Fsp3) is 0.192. The highest BCUT2D eigenvalue weighted by atomic mass is 35.5. The lowest BCUT2D eigenvalue weighted by atomic mass is 10.1. The summed E-state index contributed by atoms with van der Waals surface area (Å²) in [6, 6.07) is 22.9. The number of para-hydroxylation sites is 1. The van der Waals surface area contributed by atoms with Crippen LogP contribution in [-0.2, 0) is 17.8 Å². The number of hydrogen-bond acceptors (Lipinski definition) is 4. The first kappa shape index (κ1) is 21.7. The summed E-state index contributed by atoms with van der Waals surface area (Å²) in [4.78, 5) is 30.7. The van der Waals surface area contributed by atoms with Crippen LogP contribution in [-0.4, -0.2) is 21.2 Å². The number of nitrogens with zero attached hydrogens (tertiary/aromatic N) is 2. The predicted molar refractivity (Wildman–Crippen MR) is 133 cm³/mol. The minimum atomic E-state index is -0.122. The number of aromatic nitrogens is 2. The Labute approximate surface area is 200 Å². The number of carbonyl (C=O) groups excluding carboxylic acids is 1. The maximum atomic E-state index is 13.3. The molecule has 5 rings (SSSR count). The summed E-state index contributed by atoms with van der Waals surface area (Å²) in [5, 5.41) is 4.87. The summed E-state index contributed by atoms with van der Waals surface area (Å²) < 4.78 is 1.63. The number of fused-ring (bicyclic) bond motifs is 2. The topological polar surface area (TPSA) is 64.0 Å². The molecule has 1 atom stereocenters. The number of rotatable bonds is 6. The van der Waals surface area contributed by atoms with Crippen molar-refractivity contribution in [3.05, 3.63) is 105 Å². The first-order valence-corrected chi connectivity index (χ1v) is 12.2. The van der Waals surface area contributed by atoms with E-state index < -0.39 is 0 Å². The fourth-order valence-electron chi connectivity index (χ4n) is 4.24. The standard InChI is InChI=1S/C26H22ClN3O2S/c27-19-12-9-17(10-13-19)15-30-25(32)21-7-3-4-8-22(21)29-26(30)33-16-24(31)28-23-14-11-18-5-1-2-6-20(18)23/h1-10,12-13,23H,11,14-16H2,(H,28,31)/t23-/m0/s1. The zero-order valence-corrected chi connectivity index (χ0v) is 19.4. The van der Waals surface area contributed by atoms with Crippen LogP contribution in [0.2, 0.25) is 5.02 Å². The summed E-state index contributed by atoms with van der Waals surface area (Å²) in [5.41, 5.74) is 3.93. The van der Waals surface area contributed by atoms with Crippen LogP contribution in [0.5, 0.6) is 0 Å². The molecule has 0 radical (unpaired) electrons. The Morgan fingerprint density at radius 2 is 1.82 bits per heavy atom. The normalized spacial score (nSPS) is 14.9. The number of aryl methyl sites for hydroxylation is 1. The average Bonchev–Trinajstić information content (AvgIpc) is 3.24. The minimum Gasteiger partial charge on any atom is -0.349 e. The second kappa shape index (κ2) is 9.41. The Morgan fingerprint density at radius 1 is 1.06 bits per heavy atom. The molecule has 1 N–H and O–H groups in total. The highest BCUT2D eigenvalue weighted by molar-refractivity contribution is 7.99. The minimum absolute atomic E-state index is 0.0372. The molecular weight excluding hydrogens is 454 g/mol. The molecule has 1 aliphatic rings. The van der Waals surface area contributed by atoms with Gasteiger partial charge in [0.15, 0.2) is 5.16 Å². The van der Waals surface area contributed by atoms with Gasteiger partial charge in [0.1, 0.15) is 0 Å². The average molecular weight is 476 g/mol. The van der Waals surface area contributed by atoms with E-state index in [9.17, 15) is 9.59 Å². The molecule has 1 heterocycles. The Hall–Kier alpha value is -3.09. The molecule has 166 valence electrons. The molecule has 0 saturated carbocycles. The van der Waals surface area contributed by atoms with Crippen LogP contribution in [0.25, 0.3) is 10.9 Å². The van der Waals surface area contributed by atoms with Crippen molar-refractivity contribution < 1.29 is 4.79 Å². The second-order valence-electron chi connectivity index (χ2n) is 8.08. The number of benzene rings is 3. The van der Waals surface area contributed by atoms with Crippen molar-refractivity contribution in [1.29, 1.82) is 0 Å². The fourth-order valence-corrected chi connectivity index (χ4v) is 5.18. The third kappa shape index (κ3) is 4.68. The highest BCUT2D eigenvalue weighted by Gasteiger charge is 2.23. The lowest BCUT2D eigenvalue weighted by Gasteiger charge is -2.16. The van der Waals surface area contributed by atoms with Crippen molar-refractivity contribution in [1.82, 2.24) is 14.9 Å². The van der Waals surface area contributed by atoms with Gasteiger partial charge in [0, 0.05) is 5.02 Å². The molecule has 0 aliphatic heterocycles. The maximum Gasteiger partial charge on any atom is 0.262 e. The first-order valence-electron chi connectivity index (χ1n) is 10.8. The first-order chi connectivity index (χ1) is 16.1. The Balaban J connectivity index is 1.38. The van der Waals surface area contributed by atoms with Gasteiger partial charge in [-0.3, -0.25) is 14.2 Å². The van der Waals surface area contributed by atoms with E-state index >= 15 is 0 Å². The maximum absolute atomic E-state index is 13.3. The van der Waals surface area contributed by atoms with Crippen LogP contribution in [0, 0.1) is 0 Å². The molecule has 0 bridgehead atoms. The third-order valence-corrected chi connectivity index (χ3v) is 7.11. The quantitative estimate of drug-likeness (QED) is 0.315. The number of hydrogen-bond donors (Lipinski definition) is 1. The van der Waals surface area contributed by atoms with Crippen molar-refractivity contribution in [3.63, 3.8) is 0 Å². The van der Waals surface area contributed by atoms with Crippen molar-refractivity contribution in [3.8, 4) is 0 Å². The van der Waals surface area contributed by atoms with E-state index in [4.69, 9.17) is 16.6 Å². The Morgan fingerprint density at radius 3 is 2.67 bits per heavy atom. The zero-order chi connectivity index (χ0) is 22.8. The highest BCUT2D eigenvalue weighted by Crippen LogP contribution is 2.31. The number of carbonyl (C=O) groups is 1. The van der Waals surface area contributed by atoms with Gasteiger partial charge >= 0.3 is 0 Å². The van der Waals surface area contributed by atoms with Crippen LogP contribution >= 0.6 is 23.4 Å². The summed E-state index contributed by atoms with van der Waals surface area (Å²) in [5.74, 6) is 0.117. The molecule has 0 unspecified atom stereocenters. The molecule has 1 aromatic heterocycles. The van der Waals surface area contributed by atoms with Crippen molar-refractivity contribution in [2.75, 3.05) is 5.75 Å². The largest absolute Gasteiger partial charge is 0.349 e. The smallest absolute Gasteiger partial charge is 0.262 e.